The predicted octanol–water partition coefficient (Wildman–Crippen LogP) is 0.431. The van der Waals surface area contributed by atoms with Crippen molar-refractivity contribution in [2.75, 3.05) is 19.0 Å². The number of aromatic nitrogens is 4. The van der Waals surface area contributed by atoms with Gasteiger partial charge in [0.15, 0.2) is 5.82 Å². The van der Waals surface area contributed by atoms with E-state index in [-0.39, 0.29) is 17.4 Å². The number of rotatable bonds is 6. The lowest BCUT2D eigenvalue weighted by atomic mass is 10.4. The van der Waals surface area contributed by atoms with Crippen molar-refractivity contribution in [2.24, 2.45) is 0 Å². The number of anilines is 1. The summed E-state index contributed by atoms with van der Waals surface area (Å²) in [6, 6.07) is 0. The fourth-order valence-electron chi connectivity index (χ4n) is 1.40. The van der Waals surface area contributed by atoms with Crippen molar-refractivity contribution in [3.63, 3.8) is 0 Å². The van der Waals surface area contributed by atoms with E-state index in [2.05, 4.69) is 29.9 Å². The van der Waals surface area contributed by atoms with Crippen LogP contribution in [0.3, 0.4) is 0 Å². The van der Waals surface area contributed by atoms with Crippen LogP contribution in [-0.4, -0.2) is 38.7 Å². The number of ether oxygens (including phenoxy) is 1. The van der Waals surface area contributed by atoms with E-state index in [9.17, 15) is 10.1 Å². The Morgan fingerprint density at radius 3 is 2.95 bits per heavy atom. The Morgan fingerprint density at radius 2 is 2.32 bits per heavy atom. The minimum absolute atomic E-state index is 0.0837. The van der Waals surface area contributed by atoms with Crippen LogP contribution in [0.15, 0.2) is 17.2 Å². The summed E-state index contributed by atoms with van der Waals surface area (Å²) in [5.41, 5.74) is -0.307. The first-order valence-electron chi connectivity index (χ1n) is 5.25. The summed E-state index contributed by atoms with van der Waals surface area (Å²) in [6.07, 6.45) is 2.84. The molecule has 2 heterocycles. The van der Waals surface area contributed by atoms with Crippen molar-refractivity contribution in [3.8, 4) is 5.88 Å². The third-order valence-electron chi connectivity index (χ3n) is 2.21. The standard InChI is InChI=1S/C9H10N6O4/c1-18-9-7(15(16)17)8(11-4-12-9)10-3-2-6-13-5-19-14-6/h4-5H,2-3H2,1H3,(H,10,11,12). The fraction of sp³-hybridized carbons (Fsp3) is 0.333. The number of hydrogen-bond donors (Lipinski definition) is 1. The smallest absolute Gasteiger partial charge is 0.372 e. The summed E-state index contributed by atoms with van der Waals surface area (Å²) in [4.78, 5) is 21.7. The lowest BCUT2D eigenvalue weighted by Gasteiger charge is -2.06. The first-order chi connectivity index (χ1) is 9.22. The third-order valence-corrected chi connectivity index (χ3v) is 2.21. The van der Waals surface area contributed by atoms with Crippen molar-refractivity contribution in [1.82, 2.24) is 20.1 Å². The monoisotopic (exact) mass is 266 g/mol. The summed E-state index contributed by atoms with van der Waals surface area (Å²) in [5, 5.41) is 17.4. The number of methoxy groups -OCH3 is 1. The van der Waals surface area contributed by atoms with Crippen molar-refractivity contribution in [3.05, 3.63) is 28.7 Å². The molecule has 2 aromatic heterocycles. The zero-order chi connectivity index (χ0) is 13.7. The second-order valence-corrected chi connectivity index (χ2v) is 3.36. The molecule has 10 nitrogen and oxygen atoms in total. The minimum atomic E-state index is -0.602. The van der Waals surface area contributed by atoms with Crippen molar-refractivity contribution >= 4 is 11.5 Å². The number of nitro groups is 1. The van der Waals surface area contributed by atoms with E-state index in [4.69, 9.17) is 4.74 Å². The Hall–Kier alpha value is -2.78. The quantitative estimate of drug-likeness (QED) is 0.584. The van der Waals surface area contributed by atoms with Crippen LogP contribution in [0.25, 0.3) is 0 Å². The Morgan fingerprint density at radius 1 is 1.47 bits per heavy atom. The number of nitrogens with zero attached hydrogens (tertiary/aromatic N) is 5. The van der Waals surface area contributed by atoms with Crippen LogP contribution in [-0.2, 0) is 6.42 Å². The van der Waals surface area contributed by atoms with Crippen LogP contribution >= 0.6 is 0 Å². The van der Waals surface area contributed by atoms with Gasteiger partial charge >= 0.3 is 5.69 Å². The molecule has 10 heteroatoms. The van der Waals surface area contributed by atoms with Crippen LogP contribution in [0.4, 0.5) is 11.5 Å². The molecule has 1 N–H and O–H groups in total. The molecule has 100 valence electrons. The van der Waals surface area contributed by atoms with E-state index in [1.807, 2.05) is 0 Å². The van der Waals surface area contributed by atoms with Crippen LogP contribution in [0.2, 0.25) is 0 Å². The van der Waals surface area contributed by atoms with Gasteiger partial charge in [0.05, 0.1) is 12.0 Å². The summed E-state index contributed by atoms with van der Waals surface area (Å²) >= 11 is 0. The summed E-state index contributed by atoms with van der Waals surface area (Å²) in [7, 11) is 1.30. The first kappa shape index (κ1) is 12.7. The van der Waals surface area contributed by atoms with Gasteiger partial charge in [0.2, 0.25) is 12.2 Å². The molecule has 0 saturated heterocycles. The molecule has 2 rings (SSSR count). The van der Waals surface area contributed by atoms with E-state index in [0.29, 0.717) is 18.8 Å². The molecule has 0 aliphatic rings. The molecule has 0 spiro atoms. The molecule has 0 aromatic carbocycles. The third kappa shape index (κ3) is 2.91. The molecule has 2 aromatic rings. The lowest BCUT2D eigenvalue weighted by Crippen LogP contribution is -2.10. The number of nitrogens with one attached hydrogen (secondary N) is 1. The highest BCUT2D eigenvalue weighted by atomic mass is 16.6. The number of hydrogen-bond acceptors (Lipinski definition) is 9. The molecule has 0 unspecified atom stereocenters. The molecule has 0 saturated carbocycles. The summed E-state index contributed by atoms with van der Waals surface area (Å²) in [6.45, 7) is 0.362. The average Bonchev–Trinajstić information content (AvgIpc) is 2.91. The Bertz CT molecular complexity index is 558. The SMILES string of the molecule is COc1ncnc(NCCc2ncon2)c1[N+](=O)[O-]. The first-order valence-corrected chi connectivity index (χ1v) is 5.25. The molecular formula is C9H10N6O4. The Balaban J connectivity index is 2.09. The highest BCUT2D eigenvalue weighted by Gasteiger charge is 2.23. The molecule has 19 heavy (non-hydrogen) atoms. The maximum absolute atomic E-state index is 11.0. The van der Waals surface area contributed by atoms with Gasteiger partial charge < -0.3 is 14.6 Å². The van der Waals surface area contributed by atoms with Crippen molar-refractivity contribution in [2.45, 2.75) is 6.42 Å². The average molecular weight is 266 g/mol. The van der Waals surface area contributed by atoms with Crippen molar-refractivity contribution in [1.29, 1.82) is 0 Å². The largest absolute Gasteiger partial charge is 0.476 e. The van der Waals surface area contributed by atoms with Crippen LogP contribution < -0.4 is 10.1 Å². The molecule has 0 amide bonds. The van der Waals surface area contributed by atoms with Gasteiger partial charge in [-0.05, 0) is 0 Å². The summed E-state index contributed by atoms with van der Waals surface area (Å²) in [5.74, 6) is 0.485. The molecule has 0 aliphatic heterocycles. The van der Waals surface area contributed by atoms with Crippen LogP contribution in [0.1, 0.15) is 5.82 Å². The highest BCUT2D eigenvalue weighted by Crippen LogP contribution is 2.30. The molecule has 0 bridgehead atoms. The normalized spacial score (nSPS) is 10.2. The Labute approximate surface area is 107 Å². The molecule has 0 fully saturated rings. The van der Waals surface area contributed by atoms with Crippen molar-refractivity contribution < 1.29 is 14.2 Å². The zero-order valence-electron chi connectivity index (χ0n) is 9.94. The maximum Gasteiger partial charge on any atom is 0.372 e. The maximum atomic E-state index is 11.0. The van der Waals surface area contributed by atoms with Gasteiger partial charge in [-0.15, -0.1) is 0 Å². The van der Waals surface area contributed by atoms with Gasteiger partial charge in [-0.25, -0.2) is 4.98 Å². The molecular weight excluding hydrogens is 256 g/mol. The van der Waals surface area contributed by atoms with Gasteiger partial charge in [-0.1, -0.05) is 5.16 Å². The second kappa shape index (κ2) is 5.71. The highest BCUT2D eigenvalue weighted by molar-refractivity contribution is 5.60. The van der Waals surface area contributed by atoms with E-state index >= 15 is 0 Å². The molecule has 0 atom stereocenters. The van der Waals surface area contributed by atoms with Gasteiger partial charge in [0.1, 0.15) is 6.33 Å². The predicted molar refractivity (Wildman–Crippen MR) is 61.7 cm³/mol. The van der Waals surface area contributed by atoms with Gasteiger partial charge in [-0.2, -0.15) is 9.97 Å². The van der Waals surface area contributed by atoms with E-state index in [1.54, 1.807) is 0 Å². The zero-order valence-corrected chi connectivity index (χ0v) is 9.94. The van der Waals surface area contributed by atoms with Crippen LogP contribution in [0, 0.1) is 10.1 Å². The Kier molecular flexibility index (Phi) is 3.81. The lowest BCUT2D eigenvalue weighted by molar-refractivity contribution is -0.385. The minimum Gasteiger partial charge on any atom is -0.476 e. The van der Waals surface area contributed by atoms with E-state index in [0.717, 1.165) is 0 Å². The van der Waals surface area contributed by atoms with Crippen LogP contribution in [0.5, 0.6) is 5.88 Å². The van der Waals surface area contributed by atoms with E-state index in [1.165, 1.54) is 19.8 Å². The fourth-order valence-corrected chi connectivity index (χ4v) is 1.40. The van der Waals surface area contributed by atoms with E-state index < -0.39 is 4.92 Å². The second-order valence-electron chi connectivity index (χ2n) is 3.36. The summed E-state index contributed by atoms with van der Waals surface area (Å²) < 4.78 is 9.40. The topological polar surface area (TPSA) is 129 Å². The van der Waals surface area contributed by atoms with Gasteiger partial charge in [0, 0.05) is 13.0 Å². The van der Waals surface area contributed by atoms with Gasteiger partial charge in [0.25, 0.3) is 5.88 Å². The van der Waals surface area contributed by atoms with Gasteiger partial charge in [-0.3, -0.25) is 10.1 Å². The molecule has 0 radical (unpaired) electrons. The molecule has 0 aliphatic carbocycles.